The molecule has 1 aromatic heterocycles. The largest absolute Gasteiger partial charge is 0.394 e. The second-order valence-electron chi connectivity index (χ2n) is 11.5. The van der Waals surface area contributed by atoms with Crippen LogP contribution in [0.5, 0.6) is 0 Å². The number of nitrogens with one attached hydrogen (secondary N) is 2. The van der Waals surface area contributed by atoms with Gasteiger partial charge in [-0.1, -0.05) is 96.1 Å². The molecule has 12 nitrogen and oxygen atoms in total. The maximum absolute atomic E-state index is 13.1. The van der Waals surface area contributed by atoms with Crippen molar-refractivity contribution in [3.8, 4) is 0 Å². The van der Waals surface area contributed by atoms with Crippen LogP contribution in [0.15, 0.2) is 6.20 Å². The maximum Gasteiger partial charge on any atom is 0.249 e. The summed E-state index contributed by atoms with van der Waals surface area (Å²) in [5, 5.41) is 53.1. The number of rotatable bonds is 23. The Hall–Kier alpha value is -1.77. The molecule has 1 aromatic rings. The lowest BCUT2D eigenvalue weighted by molar-refractivity contribution is -0.254. The Morgan fingerprint density at radius 3 is 2.09 bits per heavy atom. The number of aliphatic hydroxyl groups is 4. The zero-order chi connectivity index (χ0) is 31.5. The molecule has 1 aliphatic rings. The van der Waals surface area contributed by atoms with E-state index in [2.05, 4.69) is 27.9 Å². The van der Waals surface area contributed by atoms with Gasteiger partial charge in [0.05, 0.1) is 12.8 Å². The van der Waals surface area contributed by atoms with E-state index >= 15 is 0 Å². The second kappa shape index (κ2) is 21.9. The fourth-order valence-corrected chi connectivity index (χ4v) is 6.00. The lowest BCUT2D eigenvalue weighted by Crippen LogP contribution is -2.56. The van der Waals surface area contributed by atoms with Gasteiger partial charge in [0, 0.05) is 12.2 Å². The molecule has 1 saturated heterocycles. The van der Waals surface area contributed by atoms with Crippen LogP contribution in [0.2, 0.25) is 0 Å². The number of unbranched alkanes of at least 4 members (excludes halogenated alkanes) is 12. The van der Waals surface area contributed by atoms with Crippen molar-refractivity contribution in [3.63, 3.8) is 0 Å². The smallest absolute Gasteiger partial charge is 0.249 e. The highest BCUT2D eigenvalue weighted by Crippen LogP contribution is 2.28. The molecule has 0 radical (unpaired) electrons. The normalized spacial score (nSPS) is 22.8. The summed E-state index contributed by atoms with van der Waals surface area (Å²) in [5.41, 5.74) is 0. The predicted molar refractivity (Wildman–Crippen MR) is 168 cm³/mol. The van der Waals surface area contributed by atoms with Crippen molar-refractivity contribution in [1.82, 2.24) is 20.3 Å². The van der Waals surface area contributed by atoms with Crippen LogP contribution >= 0.6 is 11.8 Å². The molecular formula is C30H55N5O7S. The number of anilines is 1. The van der Waals surface area contributed by atoms with Crippen LogP contribution in [0.4, 0.5) is 5.82 Å². The zero-order valence-electron chi connectivity index (χ0n) is 26.0. The van der Waals surface area contributed by atoms with Gasteiger partial charge in [0.15, 0.2) is 12.0 Å². The van der Waals surface area contributed by atoms with Gasteiger partial charge >= 0.3 is 0 Å². The van der Waals surface area contributed by atoms with E-state index < -0.39 is 49.2 Å². The number of thioether (sulfide) groups is 1. The first-order valence-corrected chi connectivity index (χ1v) is 17.4. The predicted octanol–water partition coefficient (Wildman–Crippen LogP) is 3.30. The van der Waals surface area contributed by atoms with Crippen molar-refractivity contribution in [2.24, 2.45) is 0 Å². The Balaban J connectivity index is 1.74. The summed E-state index contributed by atoms with van der Waals surface area (Å²) in [4.78, 5) is 25.7. The van der Waals surface area contributed by atoms with E-state index in [0.717, 1.165) is 36.1 Å². The summed E-state index contributed by atoms with van der Waals surface area (Å²) in [7, 11) is 0. The monoisotopic (exact) mass is 629 g/mol. The first-order chi connectivity index (χ1) is 20.8. The minimum Gasteiger partial charge on any atom is -0.394 e. The highest BCUT2D eigenvalue weighted by Gasteiger charge is 2.44. The molecule has 6 N–H and O–H groups in total. The number of amides is 2. The van der Waals surface area contributed by atoms with Gasteiger partial charge in [0.2, 0.25) is 11.8 Å². The minimum absolute atomic E-state index is 0.0678. The summed E-state index contributed by atoms with van der Waals surface area (Å²) in [6.45, 7) is 3.72. The lowest BCUT2D eigenvalue weighted by Gasteiger charge is -2.39. The van der Waals surface area contributed by atoms with E-state index in [-0.39, 0.29) is 11.7 Å². The van der Waals surface area contributed by atoms with E-state index in [9.17, 15) is 30.0 Å². The quantitative estimate of drug-likeness (QED) is 0.0984. The number of hydrogen-bond acceptors (Lipinski definition) is 10. The van der Waals surface area contributed by atoms with Crippen LogP contribution < -0.4 is 10.6 Å². The SMILES string of the molecule is CCCCCCCCCCCCCCCC(=O)N[C@H](CSCCC)C(=O)Nc1cn([C@H]2OC(CO)C(O)C(O)C2O)nn1. The molecule has 1 aliphatic heterocycles. The Morgan fingerprint density at radius 1 is 0.907 bits per heavy atom. The minimum atomic E-state index is -1.57. The van der Waals surface area contributed by atoms with Crippen molar-refractivity contribution in [3.05, 3.63) is 6.20 Å². The molecule has 43 heavy (non-hydrogen) atoms. The standard InChI is InChI=1S/C30H55N5O7S/c1-3-5-6-7-8-9-10-11-12-13-14-15-16-17-25(37)31-22(21-43-18-4-2)29(41)32-24-19-35(34-33-24)30-28(40)27(39)26(38)23(20-36)42-30/h19,22-23,26-28,30,36,38-40H,3-18,20-21H2,1-2H3,(H,31,37)(H,32,41)/t22-,23?,26?,27?,28?,30+/m1/s1. The Kier molecular flexibility index (Phi) is 19.0. The van der Waals surface area contributed by atoms with Crippen LogP contribution in [0.1, 0.15) is 116 Å². The number of hydrogen-bond donors (Lipinski definition) is 6. The topological polar surface area (TPSA) is 179 Å². The van der Waals surface area contributed by atoms with E-state index in [1.165, 1.54) is 70.4 Å². The highest BCUT2D eigenvalue weighted by molar-refractivity contribution is 7.99. The van der Waals surface area contributed by atoms with Gasteiger partial charge < -0.3 is 35.8 Å². The molecule has 0 aliphatic carbocycles. The van der Waals surface area contributed by atoms with Gasteiger partial charge in [-0.05, 0) is 18.6 Å². The first-order valence-electron chi connectivity index (χ1n) is 16.2. The molecule has 2 rings (SSSR count). The van der Waals surface area contributed by atoms with Crippen LogP contribution in [0.3, 0.4) is 0 Å². The van der Waals surface area contributed by atoms with Gasteiger partial charge in [0.25, 0.3) is 0 Å². The number of ether oxygens (including phenoxy) is 1. The van der Waals surface area contributed by atoms with Crippen LogP contribution in [-0.2, 0) is 14.3 Å². The molecule has 0 spiro atoms. The van der Waals surface area contributed by atoms with Gasteiger partial charge in [-0.25, -0.2) is 4.68 Å². The molecule has 2 amide bonds. The molecule has 248 valence electrons. The lowest BCUT2D eigenvalue weighted by atomic mass is 9.98. The van der Waals surface area contributed by atoms with E-state index in [1.807, 2.05) is 6.92 Å². The summed E-state index contributed by atoms with van der Waals surface area (Å²) < 4.78 is 6.58. The van der Waals surface area contributed by atoms with Crippen molar-refractivity contribution in [1.29, 1.82) is 0 Å². The number of carbonyl (C=O) groups excluding carboxylic acids is 2. The van der Waals surface area contributed by atoms with Crippen molar-refractivity contribution in [2.75, 3.05) is 23.4 Å². The summed E-state index contributed by atoms with van der Waals surface area (Å²) in [6.07, 6.45) is 11.7. The van der Waals surface area contributed by atoms with Crippen LogP contribution in [0.25, 0.3) is 0 Å². The van der Waals surface area contributed by atoms with Gasteiger partial charge in [0.1, 0.15) is 30.5 Å². The fourth-order valence-electron chi connectivity index (χ4n) is 5.07. The van der Waals surface area contributed by atoms with E-state index in [4.69, 9.17) is 4.74 Å². The molecular weight excluding hydrogens is 574 g/mol. The maximum atomic E-state index is 13.1. The van der Waals surface area contributed by atoms with Gasteiger partial charge in [-0.2, -0.15) is 11.8 Å². The summed E-state index contributed by atoms with van der Waals surface area (Å²) in [5.74, 6) is 0.725. The third kappa shape index (κ3) is 13.8. The Labute approximate surface area is 260 Å². The molecule has 1 fully saturated rings. The number of nitrogens with zero attached hydrogens (tertiary/aromatic N) is 3. The van der Waals surface area contributed by atoms with Crippen molar-refractivity contribution < 1.29 is 34.8 Å². The van der Waals surface area contributed by atoms with E-state index in [0.29, 0.717) is 12.2 Å². The summed E-state index contributed by atoms with van der Waals surface area (Å²) >= 11 is 1.58. The van der Waals surface area contributed by atoms with Gasteiger partial charge in [-0.15, -0.1) is 5.10 Å². The van der Waals surface area contributed by atoms with Crippen molar-refractivity contribution in [2.45, 2.75) is 147 Å². The second-order valence-corrected chi connectivity index (χ2v) is 12.6. The first kappa shape index (κ1) is 37.4. The Bertz CT molecular complexity index is 906. The van der Waals surface area contributed by atoms with Crippen molar-refractivity contribution >= 4 is 29.4 Å². The van der Waals surface area contributed by atoms with E-state index in [1.54, 1.807) is 11.8 Å². The third-order valence-corrected chi connectivity index (χ3v) is 8.95. The number of aliphatic hydroxyl groups excluding tert-OH is 4. The average molecular weight is 630 g/mol. The van der Waals surface area contributed by atoms with Crippen LogP contribution in [-0.4, -0.2) is 95.8 Å². The molecule has 4 unspecified atom stereocenters. The molecule has 2 heterocycles. The number of carbonyl (C=O) groups is 2. The number of aromatic nitrogens is 3. The highest BCUT2D eigenvalue weighted by atomic mass is 32.2. The molecule has 0 bridgehead atoms. The third-order valence-electron chi connectivity index (χ3n) is 7.68. The fraction of sp³-hybridized carbons (Fsp3) is 0.867. The molecule has 0 saturated carbocycles. The molecule has 13 heteroatoms. The summed E-state index contributed by atoms with van der Waals surface area (Å²) in [6, 6.07) is -0.761. The molecule has 0 aromatic carbocycles. The average Bonchev–Trinajstić information content (AvgIpc) is 3.46. The Morgan fingerprint density at radius 2 is 1.51 bits per heavy atom. The van der Waals surface area contributed by atoms with Crippen LogP contribution in [0, 0.1) is 0 Å². The zero-order valence-corrected chi connectivity index (χ0v) is 26.8. The molecule has 6 atom stereocenters. The van der Waals surface area contributed by atoms with Gasteiger partial charge in [-0.3, -0.25) is 9.59 Å².